The van der Waals surface area contributed by atoms with Crippen molar-refractivity contribution in [3.05, 3.63) is 83.4 Å². The number of carboxylic acids is 1. The van der Waals surface area contributed by atoms with Gasteiger partial charge < -0.3 is 19.5 Å². The van der Waals surface area contributed by atoms with E-state index in [1.165, 1.54) is 33.9 Å². The van der Waals surface area contributed by atoms with Gasteiger partial charge in [0.25, 0.3) is 0 Å². The lowest BCUT2D eigenvalue weighted by Crippen LogP contribution is -2.42. The van der Waals surface area contributed by atoms with E-state index >= 15 is 0 Å². The van der Waals surface area contributed by atoms with Crippen LogP contribution in [0.1, 0.15) is 10.4 Å². The van der Waals surface area contributed by atoms with Gasteiger partial charge in [0.05, 0.1) is 31.4 Å². The van der Waals surface area contributed by atoms with Gasteiger partial charge in [-0.2, -0.15) is 0 Å². The van der Waals surface area contributed by atoms with Crippen LogP contribution in [-0.2, 0) is 11.3 Å². The van der Waals surface area contributed by atoms with Gasteiger partial charge in [-0.1, -0.05) is 48.0 Å². The zero-order chi connectivity index (χ0) is 23.2. The predicted octanol–water partition coefficient (Wildman–Crippen LogP) is 4.53. The van der Waals surface area contributed by atoms with E-state index in [4.69, 9.17) is 21.4 Å². The molecule has 33 heavy (non-hydrogen) atoms. The number of aliphatic hydroxyl groups is 1. The van der Waals surface area contributed by atoms with E-state index in [0.717, 1.165) is 26.3 Å². The van der Waals surface area contributed by atoms with Gasteiger partial charge in [-0.05, 0) is 36.4 Å². The molecule has 1 aliphatic rings. The molecule has 1 saturated heterocycles. The van der Waals surface area contributed by atoms with E-state index in [9.17, 15) is 9.90 Å². The minimum Gasteiger partial charge on any atom is -0.478 e. The van der Waals surface area contributed by atoms with Crippen LogP contribution in [0.25, 0.3) is 21.8 Å². The summed E-state index contributed by atoms with van der Waals surface area (Å²) >= 11 is 5.52. The molecule has 1 aromatic heterocycles. The molecule has 2 N–H and O–H groups in total. The summed E-state index contributed by atoms with van der Waals surface area (Å²) in [5.74, 6) is -0.934. The predicted molar refractivity (Wildman–Crippen MR) is 131 cm³/mol. The molecule has 0 aliphatic carbocycles. The maximum Gasteiger partial charge on any atom is 0.335 e. The Morgan fingerprint density at radius 3 is 1.97 bits per heavy atom. The third-order valence-electron chi connectivity index (χ3n) is 5.74. The first-order valence-corrected chi connectivity index (χ1v) is 11.3. The Labute approximate surface area is 197 Å². The number of hydrogen-bond acceptors (Lipinski definition) is 4. The molecule has 1 unspecified atom stereocenters. The zero-order valence-electron chi connectivity index (χ0n) is 18.2. The van der Waals surface area contributed by atoms with Crippen molar-refractivity contribution in [2.24, 2.45) is 0 Å². The molecule has 0 radical (unpaired) electrons. The van der Waals surface area contributed by atoms with Gasteiger partial charge in [-0.3, -0.25) is 4.90 Å². The number of carboxylic acid groups (broad SMARTS) is 1. The number of β-amino-alcohol motifs (C(OH)–C–C–N with tert-alkyl or cyclic N) is 1. The monoisotopic (exact) mass is 466 g/mol. The van der Waals surface area contributed by atoms with E-state index in [0.29, 0.717) is 18.1 Å². The molecule has 5 rings (SSSR count). The summed E-state index contributed by atoms with van der Waals surface area (Å²) in [7, 11) is 0. The molecule has 1 aliphatic heterocycles. The molecule has 3 aromatic carbocycles. The number of nitrogens with zero attached hydrogens (tertiary/aromatic N) is 2. The quantitative estimate of drug-likeness (QED) is 0.452. The van der Waals surface area contributed by atoms with Crippen molar-refractivity contribution in [1.29, 1.82) is 0 Å². The third-order valence-corrected chi connectivity index (χ3v) is 5.99. The number of ether oxygens (including phenoxy) is 1. The SMILES string of the molecule is O=C(O)c1ccc(Cl)cc1.OC(CN1CCOCC1)Cn1c2ccccc2c2ccccc21. The van der Waals surface area contributed by atoms with Gasteiger partial charge in [-0.15, -0.1) is 0 Å². The lowest BCUT2D eigenvalue weighted by atomic mass is 10.2. The Morgan fingerprint density at radius 2 is 1.42 bits per heavy atom. The van der Waals surface area contributed by atoms with Crippen molar-refractivity contribution in [3.63, 3.8) is 0 Å². The van der Waals surface area contributed by atoms with Crippen LogP contribution < -0.4 is 0 Å². The summed E-state index contributed by atoms with van der Waals surface area (Å²) < 4.78 is 7.62. The fourth-order valence-corrected chi connectivity index (χ4v) is 4.27. The maximum atomic E-state index is 10.6. The van der Waals surface area contributed by atoms with Crippen LogP contribution >= 0.6 is 11.6 Å². The van der Waals surface area contributed by atoms with E-state index in [1.807, 2.05) is 0 Å². The molecule has 6 nitrogen and oxygen atoms in total. The lowest BCUT2D eigenvalue weighted by molar-refractivity contribution is 0.0119. The first-order valence-electron chi connectivity index (χ1n) is 11.0. The van der Waals surface area contributed by atoms with Crippen molar-refractivity contribution in [2.75, 3.05) is 32.8 Å². The first-order chi connectivity index (χ1) is 16.0. The van der Waals surface area contributed by atoms with Crippen LogP contribution in [0.15, 0.2) is 72.8 Å². The lowest BCUT2D eigenvalue weighted by Gasteiger charge is -2.28. The Hall–Kier alpha value is -2.90. The van der Waals surface area contributed by atoms with Crippen molar-refractivity contribution < 1.29 is 19.7 Å². The fraction of sp³-hybridized carbons (Fsp3) is 0.269. The zero-order valence-corrected chi connectivity index (χ0v) is 19.0. The average molecular weight is 467 g/mol. The average Bonchev–Trinajstić information content (AvgIpc) is 3.14. The maximum absolute atomic E-state index is 10.6. The number of halogens is 1. The highest BCUT2D eigenvalue weighted by atomic mass is 35.5. The highest BCUT2D eigenvalue weighted by Gasteiger charge is 2.17. The van der Waals surface area contributed by atoms with Crippen LogP contribution in [0, 0.1) is 0 Å². The van der Waals surface area contributed by atoms with E-state index < -0.39 is 5.97 Å². The van der Waals surface area contributed by atoms with E-state index in [-0.39, 0.29) is 11.7 Å². The summed E-state index contributed by atoms with van der Waals surface area (Å²) in [5, 5.41) is 22.1. The molecular formula is C26H27ClN2O4. The molecule has 0 bridgehead atoms. The Kier molecular flexibility index (Phi) is 7.62. The number of hydrogen-bond donors (Lipinski definition) is 2. The molecule has 0 spiro atoms. The minimum absolute atomic E-state index is 0.254. The van der Waals surface area contributed by atoms with Gasteiger partial charge in [0.15, 0.2) is 0 Å². The van der Waals surface area contributed by atoms with Crippen molar-refractivity contribution >= 4 is 39.4 Å². The molecule has 172 valence electrons. The summed E-state index contributed by atoms with van der Waals surface area (Å²) in [6.07, 6.45) is -0.382. The number of aromatic nitrogens is 1. The first kappa shape index (κ1) is 23.3. The van der Waals surface area contributed by atoms with Crippen molar-refractivity contribution in [3.8, 4) is 0 Å². The number of para-hydroxylation sites is 2. The van der Waals surface area contributed by atoms with Gasteiger partial charge >= 0.3 is 5.97 Å². The second-order valence-corrected chi connectivity index (χ2v) is 8.46. The van der Waals surface area contributed by atoms with Crippen LogP contribution in [0.4, 0.5) is 0 Å². The molecule has 1 atom stereocenters. The smallest absolute Gasteiger partial charge is 0.335 e. The second-order valence-electron chi connectivity index (χ2n) is 8.02. The number of aromatic carboxylic acids is 1. The Morgan fingerprint density at radius 1 is 0.879 bits per heavy atom. The molecule has 7 heteroatoms. The fourth-order valence-electron chi connectivity index (χ4n) is 4.14. The summed E-state index contributed by atoms with van der Waals surface area (Å²) in [6.45, 7) is 4.66. The largest absolute Gasteiger partial charge is 0.478 e. The Bertz CT molecular complexity index is 1160. The second kappa shape index (κ2) is 10.8. The summed E-state index contributed by atoms with van der Waals surface area (Å²) in [5.41, 5.74) is 2.63. The third kappa shape index (κ3) is 5.72. The van der Waals surface area contributed by atoms with Gasteiger partial charge in [0.1, 0.15) is 0 Å². The molecular weight excluding hydrogens is 440 g/mol. The standard InChI is InChI=1S/C19H22N2O2.C7H5ClO2/c22-15(13-20-9-11-23-12-10-20)14-21-18-7-3-1-5-16(18)17-6-2-4-8-19(17)21;8-6-3-1-5(2-4-6)7(9)10/h1-8,15,22H,9-14H2;1-4H,(H,9,10). The van der Waals surface area contributed by atoms with Crippen LogP contribution in [-0.4, -0.2) is 64.6 Å². The van der Waals surface area contributed by atoms with E-state index in [2.05, 4.69) is 58.0 Å². The number of rotatable bonds is 5. The normalized spacial score (nSPS) is 15.2. The minimum atomic E-state index is -0.934. The van der Waals surface area contributed by atoms with Crippen molar-refractivity contribution in [1.82, 2.24) is 9.47 Å². The van der Waals surface area contributed by atoms with Crippen LogP contribution in [0.2, 0.25) is 5.02 Å². The molecule has 2 heterocycles. The number of benzene rings is 3. The number of carbonyl (C=O) groups is 1. The highest BCUT2D eigenvalue weighted by Crippen LogP contribution is 2.28. The number of aliphatic hydroxyl groups excluding tert-OH is 1. The van der Waals surface area contributed by atoms with Crippen molar-refractivity contribution in [2.45, 2.75) is 12.6 Å². The summed E-state index contributed by atoms with van der Waals surface area (Å²) in [4.78, 5) is 12.5. The van der Waals surface area contributed by atoms with Crippen LogP contribution in [0.5, 0.6) is 0 Å². The molecule has 1 fully saturated rings. The van der Waals surface area contributed by atoms with Gasteiger partial charge in [-0.25, -0.2) is 4.79 Å². The number of morpholine rings is 1. The molecule has 0 amide bonds. The number of fused-ring (bicyclic) bond motifs is 3. The van der Waals surface area contributed by atoms with Crippen LogP contribution in [0.3, 0.4) is 0 Å². The Balaban J connectivity index is 0.000000219. The topological polar surface area (TPSA) is 74.9 Å². The van der Waals surface area contributed by atoms with Gasteiger partial charge in [0, 0.05) is 46.5 Å². The van der Waals surface area contributed by atoms with E-state index in [1.54, 1.807) is 12.1 Å². The summed E-state index contributed by atoms with van der Waals surface area (Å²) in [6, 6.07) is 22.9. The highest BCUT2D eigenvalue weighted by molar-refractivity contribution is 6.30. The van der Waals surface area contributed by atoms with Gasteiger partial charge in [0.2, 0.25) is 0 Å². The molecule has 0 saturated carbocycles. The molecule has 4 aromatic rings.